The average Bonchev–Trinajstić information content (AvgIpc) is 3.04. The summed E-state index contributed by atoms with van der Waals surface area (Å²) in [6.45, 7) is 2.87. The Balaban J connectivity index is 1.76. The maximum Gasteiger partial charge on any atom is 0.416 e. The number of amides is 1. The summed E-state index contributed by atoms with van der Waals surface area (Å²) in [6, 6.07) is 11.4. The number of nitrogens with one attached hydrogen (secondary N) is 1. The lowest BCUT2D eigenvalue weighted by Crippen LogP contribution is -2.39. The molecule has 0 radical (unpaired) electrons. The van der Waals surface area contributed by atoms with Gasteiger partial charge in [0.25, 0.3) is 5.91 Å². The minimum absolute atomic E-state index is 0.302. The van der Waals surface area contributed by atoms with Gasteiger partial charge in [-0.2, -0.15) is 18.3 Å². The molecule has 0 atom stereocenters. The number of benzene rings is 2. The van der Waals surface area contributed by atoms with Crippen LogP contribution in [0.2, 0.25) is 0 Å². The van der Waals surface area contributed by atoms with Gasteiger partial charge in [0.05, 0.1) is 23.7 Å². The normalized spacial score (nSPS) is 12.2. The summed E-state index contributed by atoms with van der Waals surface area (Å²) in [5, 5.41) is 3.85. The van der Waals surface area contributed by atoms with Gasteiger partial charge in [-0.15, -0.1) is 0 Å². The fraction of sp³-hybridized carbons (Fsp3) is 0.217. The maximum absolute atomic E-state index is 13.2. The predicted octanol–water partition coefficient (Wildman–Crippen LogP) is 4.17. The Morgan fingerprint density at radius 3 is 2.37 bits per heavy atom. The first-order chi connectivity index (χ1) is 16.3. The summed E-state index contributed by atoms with van der Waals surface area (Å²) in [5.41, 5.74) is 3.81. The van der Waals surface area contributed by atoms with Gasteiger partial charge in [-0.1, -0.05) is 6.07 Å². The molecule has 0 saturated heterocycles. The maximum atomic E-state index is 13.2. The van der Waals surface area contributed by atoms with Gasteiger partial charge in [0, 0.05) is 22.6 Å². The summed E-state index contributed by atoms with van der Waals surface area (Å²) in [4.78, 5) is 12.4. The van der Waals surface area contributed by atoms with Crippen molar-refractivity contribution in [3.8, 4) is 5.69 Å². The highest BCUT2D eigenvalue weighted by atomic mass is 32.2. The molecule has 1 amide bonds. The summed E-state index contributed by atoms with van der Waals surface area (Å²) in [6.07, 6.45) is -2.53. The van der Waals surface area contributed by atoms with Crippen LogP contribution in [0.4, 0.5) is 23.2 Å². The number of carbonyl (C=O) groups is 1. The van der Waals surface area contributed by atoms with Crippen molar-refractivity contribution in [2.24, 2.45) is 5.10 Å². The van der Waals surface area contributed by atoms with E-state index in [1.54, 1.807) is 25.1 Å². The molecule has 12 heteroatoms. The number of carbonyl (C=O) groups excluding carboxylic acids is 1. The molecule has 0 spiro atoms. The van der Waals surface area contributed by atoms with Gasteiger partial charge in [-0.05, 0) is 62.4 Å². The third-order valence-electron chi connectivity index (χ3n) is 5.10. The van der Waals surface area contributed by atoms with Gasteiger partial charge in [0.15, 0.2) is 0 Å². The minimum atomic E-state index is -4.67. The molecule has 0 aliphatic carbocycles. The van der Waals surface area contributed by atoms with Crippen LogP contribution in [-0.2, 0) is 21.0 Å². The van der Waals surface area contributed by atoms with Crippen LogP contribution in [0.15, 0.2) is 59.7 Å². The Bertz CT molecular complexity index is 1360. The van der Waals surface area contributed by atoms with Gasteiger partial charge in [-0.3, -0.25) is 9.10 Å². The number of alkyl halides is 3. The van der Waals surface area contributed by atoms with Crippen LogP contribution >= 0.6 is 0 Å². The highest BCUT2D eigenvalue weighted by Gasteiger charge is 2.32. The third kappa shape index (κ3) is 6.27. The number of rotatable bonds is 7. The van der Waals surface area contributed by atoms with E-state index in [4.69, 9.17) is 0 Å². The van der Waals surface area contributed by atoms with Crippen LogP contribution in [0.3, 0.4) is 0 Å². The topological polar surface area (TPSA) is 83.8 Å². The zero-order valence-corrected chi connectivity index (χ0v) is 19.8. The fourth-order valence-corrected chi connectivity index (χ4v) is 4.33. The van der Waals surface area contributed by atoms with Crippen LogP contribution in [0.25, 0.3) is 5.69 Å². The Kier molecular flexibility index (Phi) is 7.34. The zero-order chi connectivity index (χ0) is 26.0. The van der Waals surface area contributed by atoms with Crippen LogP contribution < -0.4 is 9.73 Å². The Hall–Kier alpha value is -3.67. The molecule has 3 aromatic rings. The summed E-state index contributed by atoms with van der Waals surface area (Å²) >= 11 is 0. The molecule has 35 heavy (non-hydrogen) atoms. The van der Waals surface area contributed by atoms with E-state index < -0.39 is 34.2 Å². The molecular formula is C23H22F4N4O3S. The van der Waals surface area contributed by atoms with E-state index in [-0.39, 0.29) is 11.5 Å². The molecule has 0 aliphatic rings. The second-order valence-corrected chi connectivity index (χ2v) is 9.66. The first-order valence-corrected chi connectivity index (χ1v) is 12.0. The average molecular weight is 511 g/mol. The van der Waals surface area contributed by atoms with Crippen molar-refractivity contribution in [2.45, 2.75) is 20.0 Å². The third-order valence-corrected chi connectivity index (χ3v) is 6.24. The summed E-state index contributed by atoms with van der Waals surface area (Å²) in [7, 11) is -4.07. The molecule has 0 fully saturated rings. The Morgan fingerprint density at radius 2 is 1.77 bits per heavy atom. The van der Waals surface area contributed by atoms with Crippen LogP contribution in [0.1, 0.15) is 22.5 Å². The van der Waals surface area contributed by atoms with E-state index >= 15 is 0 Å². The smallest absolute Gasteiger partial charge is 0.318 e. The van der Waals surface area contributed by atoms with Crippen molar-refractivity contribution >= 4 is 27.8 Å². The second kappa shape index (κ2) is 9.90. The van der Waals surface area contributed by atoms with E-state index in [9.17, 15) is 30.8 Å². The molecule has 1 heterocycles. The van der Waals surface area contributed by atoms with Crippen molar-refractivity contribution in [3.05, 3.63) is 82.9 Å². The first-order valence-electron chi connectivity index (χ1n) is 10.2. The quantitative estimate of drug-likeness (QED) is 0.294. The number of hydrazone groups is 1. The van der Waals surface area contributed by atoms with Crippen molar-refractivity contribution in [1.82, 2.24) is 9.99 Å². The number of hydrogen-bond acceptors (Lipinski definition) is 4. The highest BCUT2D eigenvalue weighted by Crippen LogP contribution is 2.32. The first kappa shape index (κ1) is 25.9. The highest BCUT2D eigenvalue weighted by molar-refractivity contribution is 7.92. The van der Waals surface area contributed by atoms with Crippen LogP contribution in [-0.4, -0.2) is 37.9 Å². The number of nitrogens with zero attached hydrogens (tertiary/aromatic N) is 3. The largest absolute Gasteiger partial charge is 0.416 e. The van der Waals surface area contributed by atoms with Crippen LogP contribution in [0, 0.1) is 19.7 Å². The molecular weight excluding hydrogens is 488 g/mol. The van der Waals surface area contributed by atoms with Crippen molar-refractivity contribution < 1.29 is 30.8 Å². The molecule has 0 bridgehead atoms. The van der Waals surface area contributed by atoms with Gasteiger partial charge < -0.3 is 4.57 Å². The number of halogens is 4. The lowest BCUT2D eigenvalue weighted by Gasteiger charge is -2.22. The zero-order valence-electron chi connectivity index (χ0n) is 19.0. The van der Waals surface area contributed by atoms with Gasteiger partial charge in [0.2, 0.25) is 10.0 Å². The molecule has 186 valence electrons. The fourth-order valence-electron chi connectivity index (χ4n) is 3.48. The van der Waals surface area contributed by atoms with Gasteiger partial charge >= 0.3 is 6.18 Å². The Morgan fingerprint density at radius 1 is 1.11 bits per heavy atom. The number of aryl methyl sites for hydroxylation is 1. The number of sulfonamides is 1. The summed E-state index contributed by atoms with van der Waals surface area (Å²) < 4.78 is 79.1. The van der Waals surface area contributed by atoms with E-state index in [1.165, 1.54) is 18.3 Å². The van der Waals surface area contributed by atoms with E-state index in [1.807, 2.05) is 11.5 Å². The van der Waals surface area contributed by atoms with Crippen molar-refractivity contribution in [1.29, 1.82) is 0 Å². The lowest BCUT2D eigenvalue weighted by atomic mass is 10.2. The van der Waals surface area contributed by atoms with Gasteiger partial charge in [0.1, 0.15) is 12.4 Å². The molecule has 2 aromatic carbocycles. The second-order valence-electron chi connectivity index (χ2n) is 7.75. The predicted molar refractivity (Wildman–Crippen MR) is 125 cm³/mol. The van der Waals surface area contributed by atoms with Crippen molar-refractivity contribution in [3.63, 3.8) is 0 Å². The number of hydrogen-bond donors (Lipinski definition) is 1. The Labute approximate surface area is 199 Å². The standard InChI is InChI=1S/C23H22F4N4O3S/c1-15-11-17(16(2)31(15)20-9-7-19(24)8-10-20)13-28-29-22(32)14-30(35(3,33)34)21-6-4-5-18(12-21)23(25,26)27/h4-13H,14H2,1-3H3,(H,29,32)/b28-13-. The molecule has 1 aromatic heterocycles. The van der Waals surface area contributed by atoms with E-state index in [0.717, 1.165) is 41.5 Å². The van der Waals surface area contributed by atoms with E-state index in [0.29, 0.717) is 15.9 Å². The van der Waals surface area contributed by atoms with Crippen LogP contribution in [0.5, 0.6) is 0 Å². The van der Waals surface area contributed by atoms with E-state index in [2.05, 4.69) is 10.5 Å². The lowest BCUT2D eigenvalue weighted by molar-refractivity contribution is -0.137. The number of anilines is 1. The summed E-state index contributed by atoms with van der Waals surface area (Å²) in [5.74, 6) is -1.22. The minimum Gasteiger partial charge on any atom is -0.318 e. The molecule has 1 N–H and O–H groups in total. The number of aromatic nitrogens is 1. The molecule has 0 unspecified atom stereocenters. The monoisotopic (exact) mass is 510 g/mol. The SMILES string of the molecule is Cc1cc(/C=N\NC(=O)CN(c2cccc(C(F)(F)F)c2)S(C)(=O)=O)c(C)n1-c1ccc(F)cc1. The van der Waals surface area contributed by atoms with Crippen molar-refractivity contribution in [2.75, 3.05) is 17.1 Å². The molecule has 0 saturated carbocycles. The molecule has 3 rings (SSSR count). The van der Waals surface area contributed by atoms with Gasteiger partial charge in [-0.25, -0.2) is 18.2 Å². The molecule has 0 aliphatic heterocycles. The molecule has 7 nitrogen and oxygen atoms in total.